The molecule has 0 saturated heterocycles. The van der Waals surface area contributed by atoms with Crippen LogP contribution in [0.4, 0.5) is 5.69 Å². The molecule has 1 amide bonds. The Morgan fingerprint density at radius 1 is 1.50 bits per heavy atom. The molecule has 0 heterocycles. The molecule has 0 saturated carbocycles. The van der Waals surface area contributed by atoms with Gasteiger partial charge in [-0.2, -0.15) is 0 Å². The highest BCUT2D eigenvalue weighted by Crippen LogP contribution is 2.27. The predicted octanol–water partition coefficient (Wildman–Crippen LogP) is 1.05. The topological polar surface area (TPSA) is 66.6 Å². The third-order valence-corrected chi connectivity index (χ3v) is 2.49. The maximum absolute atomic E-state index is 10.9. The van der Waals surface area contributed by atoms with Crippen molar-refractivity contribution in [1.82, 2.24) is 0 Å². The molecule has 1 aromatic carbocycles. The van der Waals surface area contributed by atoms with E-state index in [1.54, 1.807) is 11.9 Å². The maximum atomic E-state index is 10.9. The van der Waals surface area contributed by atoms with Gasteiger partial charge >= 0.3 is 0 Å². The van der Waals surface area contributed by atoms with Gasteiger partial charge in [-0.15, -0.1) is 0 Å². The SMILES string of the molecule is CC[C@@H](O)c1ccccc1N(C)CC(N)=O. The number of carbonyl (C=O) groups excluding carboxylic acids is 1. The maximum Gasteiger partial charge on any atom is 0.236 e. The second kappa shape index (κ2) is 5.51. The standard InChI is InChI=1S/C12H18N2O2/c1-3-11(15)9-6-4-5-7-10(9)14(2)8-12(13)16/h4-7,11,15H,3,8H2,1-2H3,(H2,13,16)/t11-/m1/s1. The van der Waals surface area contributed by atoms with E-state index in [9.17, 15) is 9.90 Å². The second-order valence-electron chi connectivity index (χ2n) is 3.81. The minimum Gasteiger partial charge on any atom is -0.388 e. The number of likely N-dealkylation sites (N-methyl/N-ethyl adjacent to an activating group) is 1. The van der Waals surface area contributed by atoms with Crippen LogP contribution in [0, 0.1) is 0 Å². The van der Waals surface area contributed by atoms with E-state index >= 15 is 0 Å². The van der Waals surface area contributed by atoms with Crippen molar-refractivity contribution >= 4 is 11.6 Å². The lowest BCUT2D eigenvalue weighted by Crippen LogP contribution is -2.31. The molecule has 4 nitrogen and oxygen atoms in total. The summed E-state index contributed by atoms with van der Waals surface area (Å²) in [6.07, 6.45) is 0.132. The molecular formula is C12H18N2O2. The molecule has 1 rings (SSSR count). The largest absolute Gasteiger partial charge is 0.388 e. The highest BCUT2D eigenvalue weighted by Gasteiger charge is 2.13. The number of aliphatic hydroxyl groups is 1. The zero-order valence-corrected chi connectivity index (χ0v) is 9.68. The first-order chi connectivity index (χ1) is 7.56. The lowest BCUT2D eigenvalue weighted by atomic mass is 10.0. The van der Waals surface area contributed by atoms with Crippen molar-refractivity contribution in [3.63, 3.8) is 0 Å². The molecule has 88 valence electrons. The highest BCUT2D eigenvalue weighted by atomic mass is 16.3. The van der Waals surface area contributed by atoms with E-state index in [2.05, 4.69) is 0 Å². The molecule has 0 aliphatic heterocycles. The number of carbonyl (C=O) groups is 1. The molecule has 1 aromatic rings. The smallest absolute Gasteiger partial charge is 0.236 e. The summed E-state index contributed by atoms with van der Waals surface area (Å²) in [5.41, 5.74) is 6.82. The van der Waals surface area contributed by atoms with Crippen LogP contribution < -0.4 is 10.6 Å². The summed E-state index contributed by atoms with van der Waals surface area (Å²) < 4.78 is 0. The fourth-order valence-corrected chi connectivity index (χ4v) is 1.66. The Hall–Kier alpha value is -1.55. The van der Waals surface area contributed by atoms with Crippen molar-refractivity contribution < 1.29 is 9.90 Å². The van der Waals surface area contributed by atoms with Gasteiger partial charge in [0.05, 0.1) is 12.6 Å². The summed E-state index contributed by atoms with van der Waals surface area (Å²) in [7, 11) is 1.78. The zero-order chi connectivity index (χ0) is 12.1. The van der Waals surface area contributed by atoms with Crippen LogP contribution in [0.2, 0.25) is 0 Å². The Morgan fingerprint density at radius 2 is 2.12 bits per heavy atom. The molecular weight excluding hydrogens is 204 g/mol. The molecule has 0 aliphatic rings. The average molecular weight is 222 g/mol. The van der Waals surface area contributed by atoms with Crippen LogP contribution in [-0.2, 0) is 4.79 Å². The molecule has 0 spiro atoms. The summed E-state index contributed by atoms with van der Waals surface area (Å²) in [5.74, 6) is -0.386. The molecule has 0 fully saturated rings. The number of para-hydroxylation sites is 1. The van der Waals surface area contributed by atoms with Crippen molar-refractivity contribution in [3.8, 4) is 0 Å². The summed E-state index contributed by atoms with van der Waals surface area (Å²) >= 11 is 0. The Kier molecular flexibility index (Phi) is 4.31. The van der Waals surface area contributed by atoms with Crippen molar-refractivity contribution in [2.45, 2.75) is 19.4 Å². The third kappa shape index (κ3) is 2.97. The molecule has 0 radical (unpaired) electrons. The third-order valence-electron chi connectivity index (χ3n) is 2.49. The van der Waals surface area contributed by atoms with Gasteiger partial charge in [0.2, 0.25) is 5.91 Å². The van der Waals surface area contributed by atoms with E-state index < -0.39 is 6.10 Å². The average Bonchev–Trinajstić information content (AvgIpc) is 2.27. The van der Waals surface area contributed by atoms with Crippen LogP contribution >= 0.6 is 0 Å². The van der Waals surface area contributed by atoms with Crippen LogP contribution in [0.25, 0.3) is 0 Å². The second-order valence-corrected chi connectivity index (χ2v) is 3.81. The number of anilines is 1. The zero-order valence-electron chi connectivity index (χ0n) is 9.68. The summed E-state index contributed by atoms with van der Waals surface area (Å²) in [6.45, 7) is 2.06. The van der Waals surface area contributed by atoms with Crippen molar-refractivity contribution in [3.05, 3.63) is 29.8 Å². The number of hydrogen-bond donors (Lipinski definition) is 2. The highest BCUT2D eigenvalue weighted by molar-refractivity contribution is 5.79. The number of rotatable bonds is 5. The molecule has 3 N–H and O–H groups in total. The van der Waals surface area contributed by atoms with E-state index in [-0.39, 0.29) is 12.5 Å². The van der Waals surface area contributed by atoms with Crippen LogP contribution in [0.3, 0.4) is 0 Å². The van der Waals surface area contributed by atoms with Gasteiger partial charge in [-0.3, -0.25) is 4.79 Å². The van der Waals surface area contributed by atoms with E-state index in [0.29, 0.717) is 6.42 Å². The van der Waals surface area contributed by atoms with Gasteiger partial charge in [0.25, 0.3) is 0 Å². The summed E-state index contributed by atoms with van der Waals surface area (Å²) in [5, 5.41) is 9.85. The molecule has 0 aromatic heterocycles. The van der Waals surface area contributed by atoms with Crippen molar-refractivity contribution in [2.75, 3.05) is 18.5 Å². The number of nitrogens with zero attached hydrogens (tertiary/aromatic N) is 1. The number of nitrogens with two attached hydrogens (primary N) is 1. The van der Waals surface area contributed by atoms with Gasteiger partial charge in [0.1, 0.15) is 0 Å². The fraction of sp³-hybridized carbons (Fsp3) is 0.417. The van der Waals surface area contributed by atoms with Gasteiger partial charge < -0.3 is 15.7 Å². The lowest BCUT2D eigenvalue weighted by Gasteiger charge is -2.22. The van der Waals surface area contributed by atoms with E-state index in [1.165, 1.54) is 0 Å². The van der Waals surface area contributed by atoms with Crippen LogP contribution in [0.15, 0.2) is 24.3 Å². The first kappa shape index (κ1) is 12.5. The van der Waals surface area contributed by atoms with E-state index in [0.717, 1.165) is 11.3 Å². The van der Waals surface area contributed by atoms with Gasteiger partial charge in [0, 0.05) is 18.3 Å². The number of benzene rings is 1. The van der Waals surface area contributed by atoms with Crippen LogP contribution in [-0.4, -0.2) is 24.6 Å². The van der Waals surface area contributed by atoms with Gasteiger partial charge in [0.15, 0.2) is 0 Å². The predicted molar refractivity (Wildman–Crippen MR) is 64.2 cm³/mol. The minimum absolute atomic E-state index is 0.146. The van der Waals surface area contributed by atoms with Crippen LogP contribution in [0.1, 0.15) is 25.0 Å². The van der Waals surface area contributed by atoms with Gasteiger partial charge in [-0.1, -0.05) is 25.1 Å². The van der Waals surface area contributed by atoms with E-state index in [1.807, 2.05) is 31.2 Å². The summed E-state index contributed by atoms with van der Waals surface area (Å²) in [6, 6.07) is 7.48. The fourth-order valence-electron chi connectivity index (χ4n) is 1.66. The van der Waals surface area contributed by atoms with Crippen molar-refractivity contribution in [2.24, 2.45) is 5.73 Å². The molecule has 1 atom stereocenters. The van der Waals surface area contributed by atoms with Crippen LogP contribution in [0.5, 0.6) is 0 Å². The Labute approximate surface area is 95.7 Å². The Morgan fingerprint density at radius 3 is 2.69 bits per heavy atom. The minimum atomic E-state index is -0.508. The molecule has 0 aliphatic carbocycles. The Balaban J connectivity index is 2.98. The van der Waals surface area contributed by atoms with Crippen molar-refractivity contribution in [1.29, 1.82) is 0 Å². The monoisotopic (exact) mass is 222 g/mol. The molecule has 16 heavy (non-hydrogen) atoms. The number of primary amides is 1. The van der Waals surface area contributed by atoms with Gasteiger partial charge in [-0.05, 0) is 12.5 Å². The first-order valence-electron chi connectivity index (χ1n) is 5.32. The molecule has 0 unspecified atom stereocenters. The van der Waals surface area contributed by atoms with Gasteiger partial charge in [-0.25, -0.2) is 0 Å². The normalized spacial score (nSPS) is 12.2. The number of aliphatic hydroxyl groups excluding tert-OH is 1. The number of hydrogen-bond acceptors (Lipinski definition) is 3. The molecule has 0 bridgehead atoms. The van der Waals surface area contributed by atoms with E-state index in [4.69, 9.17) is 5.73 Å². The number of amides is 1. The summed E-state index contributed by atoms with van der Waals surface area (Å²) in [4.78, 5) is 12.6. The Bertz CT molecular complexity index is 366. The first-order valence-corrected chi connectivity index (χ1v) is 5.32. The quantitative estimate of drug-likeness (QED) is 0.782. The lowest BCUT2D eigenvalue weighted by molar-refractivity contribution is -0.116. The molecule has 4 heteroatoms.